The molecule has 0 bridgehead atoms. The fraction of sp³-hybridized carbons (Fsp3) is 0.513. The number of hydrogen-bond donors (Lipinski definition) is 0. The lowest BCUT2D eigenvalue weighted by Gasteiger charge is -2.36. The average molecular weight is 726 g/mol. The molecule has 0 N–H and O–H groups in total. The normalized spacial score (nSPS) is 15.1. The lowest BCUT2D eigenvalue weighted by Crippen LogP contribution is -2.53. The van der Waals surface area contributed by atoms with Crippen LogP contribution in [0.2, 0.25) is 0 Å². The summed E-state index contributed by atoms with van der Waals surface area (Å²) in [5.41, 5.74) is -0.789. The molecule has 0 spiro atoms. The fourth-order valence-corrected chi connectivity index (χ4v) is 5.72. The molecule has 1 saturated heterocycles. The van der Waals surface area contributed by atoms with Crippen molar-refractivity contribution >= 4 is 29.6 Å². The Kier molecular flexibility index (Phi) is 14.7. The Morgan fingerprint density at radius 2 is 1.63 bits per heavy atom. The zero-order valence-corrected chi connectivity index (χ0v) is 31.4. The molecule has 2 aromatic carbocycles. The van der Waals surface area contributed by atoms with E-state index in [0.29, 0.717) is 53.4 Å². The molecule has 1 amide bonds. The molecule has 52 heavy (non-hydrogen) atoms. The van der Waals surface area contributed by atoms with Crippen LogP contribution < -0.4 is 18.9 Å². The summed E-state index contributed by atoms with van der Waals surface area (Å²) in [5, 5.41) is 0. The highest BCUT2D eigenvalue weighted by Gasteiger charge is 2.42. The van der Waals surface area contributed by atoms with E-state index in [4.69, 9.17) is 33.2 Å². The van der Waals surface area contributed by atoms with Crippen LogP contribution in [0.4, 0.5) is 0 Å². The molecule has 0 saturated carbocycles. The maximum absolute atomic E-state index is 14.0. The van der Waals surface area contributed by atoms with Crippen LogP contribution in [0.3, 0.4) is 0 Å². The minimum Gasteiger partial charge on any atom is -0.496 e. The number of carbonyl (C=O) groups is 5. The van der Waals surface area contributed by atoms with E-state index in [1.165, 1.54) is 40.1 Å². The molecular formula is C39H51NO12. The number of carbonyl (C=O) groups excluding carboxylic acids is 5. The Morgan fingerprint density at radius 3 is 2.27 bits per heavy atom. The number of ketones is 1. The van der Waals surface area contributed by atoms with Gasteiger partial charge in [0.25, 0.3) is 5.91 Å². The highest BCUT2D eigenvalue weighted by atomic mass is 16.6. The minimum absolute atomic E-state index is 0.170. The van der Waals surface area contributed by atoms with Gasteiger partial charge in [-0.15, -0.1) is 0 Å². The van der Waals surface area contributed by atoms with Gasteiger partial charge >= 0.3 is 17.9 Å². The second-order valence-electron chi connectivity index (χ2n) is 13.9. The Bertz CT molecular complexity index is 1610. The number of benzene rings is 2. The summed E-state index contributed by atoms with van der Waals surface area (Å²) in [6.45, 7) is 11.1. The topological polar surface area (TPSA) is 153 Å². The third kappa shape index (κ3) is 11.2. The molecule has 2 atom stereocenters. The van der Waals surface area contributed by atoms with Crippen molar-refractivity contribution in [2.45, 2.75) is 84.5 Å². The standard InChI is InChI=1S/C39H51NO12/c1-10-32(41)50-24-39(5,6)35(43)36(44)40-21-12-11-16-28(40)37(45)51-29(18-17-27-30(46-7)19-20-31(47-8)34(27)48-9)25-14-13-15-26(22-25)49-23-33(42)52-38(2,3)4/h10,13-15,19-20,22,28-29H,1,11-12,16-18,21,23-24H2,2-9H3/t28-,29+/m0/s1. The van der Waals surface area contributed by atoms with Crippen LogP contribution in [-0.4, -0.2) is 87.2 Å². The maximum Gasteiger partial charge on any atom is 0.344 e. The van der Waals surface area contributed by atoms with Gasteiger partial charge < -0.3 is 38.1 Å². The number of esters is 3. The van der Waals surface area contributed by atoms with Gasteiger partial charge in [-0.3, -0.25) is 9.59 Å². The number of nitrogens with zero attached hydrogens (tertiary/aromatic N) is 1. The predicted octanol–water partition coefficient (Wildman–Crippen LogP) is 5.36. The van der Waals surface area contributed by atoms with Crippen LogP contribution in [0.1, 0.15) is 77.5 Å². The molecule has 0 aromatic heterocycles. The summed E-state index contributed by atoms with van der Waals surface area (Å²) in [5.74, 6) is -1.77. The molecular weight excluding hydrogens is 674 g/mol. The van der Waals surface area contributed by atoms with Gasteiger partial charge in [-0.25, -0.2) is 14.4 Å². The maximum atomic E-state index is 14.0. The lowest BCUT2D eigenvalue weighted by atomic mass is 9.87. The van der Waals surface area contributed by atoms with Crippen LogP contribution >= 0.6 is 0 Å². The van der Waals surface area contributed by atoms with E-state index >= 15 is 0 Å². The highest BCUT2D eigenvalue weighted by Crippen LogP contribution is 2.40. The first-order chi connectivity index (χ1) is 24.5. The molecule has 0 aliphatic carbocycles. The van der Waals surface area contributed by atoms with Gasteiger partial charge in [-0.05, 0) is 96.6 Å². The molecule has 0 unspecified atom stereocenters. The summed E-state index contributed by atoms with van der Waals surface area (Å²) in [7, 11) is 4.58. The lowest BCUT2D eigenvalue weighted by molar-refractivity contribution is -0.165. The van der Waals surface area contributed by atoms with E-state index in [-0.39, 0.29) is 32.6 Å². The Morgan fingerprint density at radius 1 is 0.942 bits per heavy atom. The van der Waals surface area contributed by atoms with E-state index in [0.717, 1.165) is 6.08 Å². The quantitative estimate of drug-likeness (QED) is 0.0894. The van der Waals surface area contributed by atoms with Crippen LogP contribution in [0, 0.1) is 5.41 Å². The number of hydrogen-bond acceptors (Lipinski definition) is 12. The molecule has 1 aliphatic rings. The molecule has 284 valence electrons. The smallest absolute Gasteiger partial charge is 0.344 e. The second kappa shape index (κ2) is 18.4. The molecule has 1 fully saturated rings. The average Bonchev–Trinajstić information content (AvgIpc) is 3.12. The Labute approximate surface area is 305 Å². The molecule has 1 aliphatic heterocycles. The van der Waals surface area contributed by atoms with E-state index in [1.807, 2.05) is 0 Å². The fourth-order valence-electron chi connectivity index (χ4n) is 5.72. The van der Waals surface area contributed by atoms with Crippen molar-refractivity contribution < 1.29 is 57.1 Å². The van der Waals surface area contributed by atoms with Crippen molar-refractivity contribution in [3.05, 3.63) is 60.2 Å². The number of rotatable bonds is 17. The number of likely N-dealkylation sites (tertiary alicyclic amines) is 1. The molecule has 0 radical (unpaired) electrons. The predicted molar refractivity (Wildman–Crippen MR) is 190 cm³/mol. The summed E-state index contributed by atoms with van der Waals surface area (Å²) >= 11 is 0. The number of methoxy groups -OCH3 is 3. The Balaban J connectivity index is 1.93. The molecule has 3 rings (SSSR count). The third-order valence-corrected chi connectivity index (χ3v) is 8.33. The molecule has 2 aromatic rings. The van der Waals surface area contributed by atoms with E-state index in [2.05, 4.69) is 6.58 Å². The van der Waals surface area contributed by atoms with Crippen molar-refractivity contribution in [1.29, 1.82) is 0 Å². The van der Waals surface area contributed by atoms with E-state index in [9.17, 15) is 24.0 Å². The summed E-state index contributed by atoms with van der Waals surface area (Å²) in [6, 6.07) is 9.26. The van der Waals surface area contributed by atoms with Crippen LogP contribution in [0.5, 0.6) is 23.0 Å². The molecule has 13 nitrogen and oxygen atoms in total. The minimum atomic E-state index is -1.35. The van der Waals surface area contributed by atoms with Crippen molar-refractivity contribution in [3.8, 4) is 23.0 Å². The zero-order valence-electron chi connectivity index (χ0n) is 31.4. The Hall–Kier alpha value is -5.07. The van der Waals surface area contributed by atoms with E-state index < -0.39 is 52.8 Å². The second-order valence-corrected chi connectivity index (χ2v) is 13.9. The highest BCUT2D eigenvalue weighted by molar-refractivity contribution is 6.38. The van der Waals surface area contributed by atoms with Gasteiger partial charge in [0.2, 0.25) is 5.78 Å². The van der Waals surface area contributed by atoms with Crippen molar-refractivity contribution in [3.63, 3.8) is 0 Å². The van der Waals surface area contributed by atoms with E-state index in [1.54, 1.807) is 57.2 Å². The SMILES string of the molecule is C=CC(=O)OCC(C)(C)C(=O)C(=O)N1CCCC[C@H]1C(=O)O[C@H](CCc1c(OC)ccc(OC)c1OC)c1cccc(OCC(=O)OC(C)(C)C)c1. The summed E-state index contributed by atoms with van der Waals surface area (Å²) in [6.07, 6.45) is 2.16. The molecule has 13 heteroatoms. The first kappa shape index (κ1) is 41.4. The largest absolute Gasteiger partial charge is 0.496 e. The third-order valence-electron chi connectivity index (χ3n) is 8.33. The van der Waals surface area contributed by atoms with Crippen molar-refractivity contribution in [1.82, 2.24) is 4.90 Å². The van der Waals surface area contributed by atoms with Gasteiger partial charge in [-0.1, -0.05) is 18.7 Å². The zero-order chi connectivity index (χ0) is 38.6. The number of amides is 1. The van der Waals surface area contributed by atoms with Gasteiger partial charge in [0.15, 0.2) is 18.1 Å². The first-order valence-electron chi connectivity index (χ1n) is 17.1. The van der Waals surface area contributed by atoms with Gasteiger partial charge in [0.1, 0.15) is 35.9 Å². The number of piperidine rings is 1. The molecule has 1 heterocycles. The van der Waals surface area contributed by atoms with Gasteiger partial charge in [0, 0.05) is 18.2 Å². The van der Waals surface area contributed by atoms with Crippen molar-refractivity contribution in [2.24, 2.45) is 5.41 Å². The van der Waals surface area contributed by atoms with Crippen LogP contribution in [0.15, 0.2) is 49.1 Å². The van der Waals surface area contributed by atoms with Crippen molar-refractivity contribution in [2.75, 3.05) is 41.1 Å². The number of Topliss-reactive ketones (excluding diaryl/α,β-unsaturated/α-hetero) is 1. The van der Waals surface area contributed by atoms with Crippen LogP contribution in [-0.2, 0) is 44.6 Å². The van der Waals surface area contributed by atoms with Gasteiger partial charge in [-0.2, -0.15) is 0 Å². The number of ether oxygens (including phenoxy) is 7. The summed E-state index contributed by atoms with van der Waals surface area (Å²) in [4.78, 5) is 66.3. The first-order valence-corrected chi connectivity index (χ1v) is 17.1. The summed E-state index contributed by atoms with van der Waals surface area (Å²) < 4.78 is 39.2. The van der Waals surface area contributed by atoms with Crippen LogP contribution in [0.25, 0.3) is 0 Å². The van der Waals surface area contributed by atoms with Gasteiger partial charge in [0.05, 0.1) is 26.7 Å². The monoisotopic (exact) mass is 725 g/mol.